The largest absolute Gasteiger partial charge is 0.494 e. The number of hydrogen-bond acceptors (Lipinski definition) is 3. The molecule has 1 fully saturated rings. The van der Waals surface area contributed by atoms with Crippen LogP contribution in [0, 0.1) is 0 Å². The summed E-state index contributed by atoms with van der Waals surface area (Å²) < 4.78 is 5.41. The fourth-order valence-electron chi connectivity index (χ4n) is 2.20. The van der Waals surface area contributed by atoms with E-state index in [1.165, 1.54) is 18.4 Å². The molecule has 0 saturated carbocycles. The number of benzene rings is 1. The second-order valence-electron chi connectivity index (χ2n) is 4.23. The highest BCUT2D eigenvalue weighted by Gasteiger charge is 2.22. The SMILES string of the molecule is CCOc1ccc(C(N)C2CCCN2)cc1. The van der Waals surface area contributed by atoms with Crippen LogP contribution >= 0.6 is 0 Å². The summed E-state index contributed by atoms with van der Waals surface area (Å²) in [5, 5.41) is 3.44. The molecule has 2 atom stereocenters. The van der Waals surface area contributed by atoms with Crippen molar-refractivity contribution in [2.45, 2.75) is 31.8 Å². The Kier molecular flexibility index (Phi) is 3.80. The summed E-state index contributed by atoms with van der Waals surface area (Å²) in [4.78, 5) is 0. The zero-order chi connectivity index (χ0) is 11.4. The van der Waals surface area contributed by atoms with E-state index < -0.39 is 0 Å². The smallest absolute Gasteiger partial charge is 0.119 e. The lowest BCUT2D eigenvalue weighted by atomic mass is 9.99. The van der Waals surface area contributed by atoms with Crippen LogP contribution in [0.15, 0.2) is 24.3 Å². The number of hydrogen-bond donors (Lipinski definition) is 2. The Hall–Kier alpha value is -1.06. The van der Waals surface area contributed by atoms with Gasteiger partial charge in [0.2, 0.25) is 0 Å². The Balaban J connectivity index is 2.02. The summed E-state index contributed by atoms with van der Waals surface area (Å²) in [5.41, 5.74) is 7.40. The lowest BCUT2D eigenvalue weighted by Crippen LogP contribution is -2.34. The van der Waals surface area contributed by atoms with Crippen molar-refractivity contribution in [2.75, 3.05) is 13.2 Å². The highest BCUT2D eigenvalue weighted by atomic mass is 16.5. The van der Waals surface area contributed by atoms with Crippen molar-refractivity contribution in [1.29, 1.82) is 0 Å². The van der Waals surface area contributed by atoms with Gasteiger partial charge in [0, 0.05) is 12.1 Å². The maximum absolute atomic E-state index is 6.22. The molecule has 3 N–H and O–H groups in total. The van der Waals surface area contributed by atoms with E-state index in [1.807, 2.05) is 19.1 Å². The van der Waals surface area contributed by atoms with Crippen LogP contribution in [0.1, 0.15) is 31.4 Å². The first-order chi connectivity index (χ1) is 7.81. The third kappa shape index (κ3) is 2.54. The van der Waals surface area contributed by atoms with Gasteiger partial charge in [0.1, 0.15) is 5.75 Å². The van der Waals surface area contributed by atoms with Gasteiger partial charge in [-0.25, -0.2) is 0 Å². The molecule has 16 heavy (non-hydrogen) atoms. The van der Waals surface area contributed by atoms with Crippen LogP contribution in [0.4, 0.5) is 0 Å². The maximum Gasteiger partial charge on any atom is 0.119 e. The minimum Gasteiger partial charge on any atom is -0.494 e. The normalized spacial score (nSPS) is 22.0. The van der Waals surface area contributed by atoms with Crippen molar-refractivity contribution in [1.82, 2.24) is 5.32 Å². The molecule has 1 saturated heterocycles. The molecule has 88 valence electrons. The van der Waals surface area contributed by atoms with Crippen molar-refractivity contribution in [3.63, 3.8) is 0 Å². The molecule has 1 aliphatic heterocycles. The first-order valence-corrected chi connectivity index (χ1v) is 6.03. The predicted molar refractivity (Wildman–Crippen MR) is 65.6 cm³/mol. The van der Waals surface area contributed by atoms with Crippen LogP contribution < -0.4 is 15.8 Å². The predicted octanol–water partition coefficient (Wildman–Crippen LogP) is 1.84. The zero-order valence-electron chi connectivity index (χ0n) is 9.78. The molecule has 0 aliphatic carbocycles. The zero-order valence-corrected chi connectivity index (χ0v) is 9.78. The van der Waals surface area contributed by atoms with Gasteiger partial charge in [0.15, 0.2) is 0 Å². The Morgan fingerprint density at radius 1 is 1.44 bits per heavy atom. The monoisotopic (exact) mass is 220 g/mol. The molecule has 1 heterocycles. The minimum atomic E-state index is 0.0955. The molecule has 0 aromatic heterocycles. The second kappa shape index (κ2) is 5.32. The third-order valence-corrected chi connectivity index (χ3v) is 3.11. The molecule has 0 radical (unpaired) electrons. The van der Waals surface area contributed by atoms with E-state index in [1.54, 1.807) is 0 Å². The van der Waals surface area contributed by atoms with E-state index in [0.29, 0.717) is 12.6 Å². The Morgan fingerprint density at radius 3 is 2.75 bits per heavy atom. The minimum absolute atomic E-state index is 0.0955. The van der Waals surface area contributed by atoms with Crippen molar-refractivity contribution < 1.29 is 4.74 Å². The van der Waals surface area contributed by atoms with E-state index >= 15 is 0 Å². The van der Waals surface area contributed by atoms with E-state index in [4.69, 9.17) is 10.5 Å². The summed E-state index contributed by atoms with van der Waals surface area (Å²) in [5.74, 6) is 0.915. The topological polar surface area (TPSA) is 47.3 Å². The van der Waals surface area contributed by atoms with Crippen molar-refractivity contribution in [3.8, 4) is 5.75 Å². The summed E-state index contributed by atoms with van der Waals surface area (Å²) in [6.07, 6.45) is 2.41. The van der Waals surface area contributed by atoms with Gasteiger partial charge in [-0.2, -0.15) is 0 Å². The average Bonchev–Trinajstić information content (AvgIpc) is 2.83. The van der Waals surface area contributed by atoms with Gasteiger partial charge >= 0.3 is 0 Å². The fourth-order valence-corrected chi connectivity index (χ4v) is 2.20. The van der Waals surface area contributed by atoms with Gasteiger partial charge in [-0.15, -0.1) is 0 Å². The number of ether oxygens (including phenoxy) is 1. The molecule has 3 nitrogen and oxygen atoms in total. The van der Waals surface area contributed by atoms with Gasteiger partial charge in [-0.1, -0.05) is 12.1 Å². The van der Waals surface area contributed by atoms with E-state index in [-0.39, 0.29) is 6.04 Å². The Morgan fingerprint density at radius 2 is 2.19 bits per heavy atom. The average molecular weight is 220 g/mol. The number of nitrogens with one attached hydrogen (secondary N) is 1. The highest BCUT2D eigenvalue weighted by molar-refractivity contribution is 5.29. The summed E-state index contributed by atoms with van der Waals surface area (Å²) in [7, 11) is 0. The van der Waals surface area contributed by atoms with E-state index in [0.717, 1.165) is 12.3 Å². The van der Waals surface area contributed by atoms with Crippen LogP contribution in [0.25, 0.3) is 0 Å². The Labute approximate surface area is 97.0 Å². The second-order valence-corrected chi connectivity index (χ2v) is 4.23. The van der Waals surface area contributed by atoms with Gasteiger partial charge in [-0.3, -0.25) is 0 Å². The van der Waals surface area contributed by atoms with Gasteiger partial charge in [0.25, 0.3) is 0 Å². The highest BCUT2D eigenvalue weighted by Crippen LogP contribution is 2.22. The molecule has 0 amide bonds. The maximum atomic E-state index is 6.22. The van der Waals surface area contributed by atoms with Crippen LogP contribution in [0.3, 0.4) is 0 Å². The Bertz CT molecular complexity index is 317. The van der Waals surface area contributed by atoms with Crippen LogP contribution in [0.5, 0.6) is 5.75 Å². The van der Waals surface area contributed by atoms with Crippen molar-refractivity contribution in [2.24, 2.45) is 5.73 Å². The number of nitrogens with two attached hydrogens (primary N) is 1. The van der Waals surface area contributed by atoms with Gasteiger partial charge < -0.3 is 15.8 Å². The van der Waals surface area contributed by atoms with Crippen LogP contribution in [-0.4, -0.2) is 19.2 Å². The number of rotatable bonds is 4. The summed E-state index contributed by atoms with van der Waals surface area (Å²) in [6, 6.07) is 8.64. The first kappa shape index (κ1) is 11.4. The molecule has 1 aliphatic rings. The summed E-state index contributed by atoms with van der Waals surface area (Å²) in [6.45, 7) is 3.78. The molecule has 0 spiro atoms. The van der Waals surface area contributed by atoms with Gasteiger partial charge in [0.05, 0.1) is 6.61 Å². The lowest BCUT2D eigenvalue weighted by Gasteiger charge is -2.20. The van der Waals surface area contributed by atoms with Crippen LogP contribution in [-0.2, 0) is 0 Å². The lowest BCUT2D eigenvalue weighted by molar-refractivity contribution is 0.340. The molecule has 1 aromatic rings. The molecular weight excluding hydrogens is 200 g/mol. The van der Waals surface area contributed by atoms with E-state index in [2.05, 4.69) is 17.4 Å². The summed E-state index contributed by atoms with van der Waals surface area (Å²) >= 11 is 0. The molecule has 2 rings (SSSR count). The van der Waals surface area contributed by atoms with Crippen molar-refractivity contribution >= 4 is 0 Å². The first-order valence-electron chi connectivity index (χ1n) is 6.03. The fraction of sp³-hybridized carbons (Fsp3) is 0.538. The quantitative estimate of drug-likeness (QED) is 0.814. The third-order valence-electron chi connectivity index (χ3n) is 3.11. The van der Waals surface area contributed by atoms with Crippen molar-refractivity contribution in [3.05, 3.63) is 29.8 Å². The van der Waals surface area contributed by atoms with Crippen LogP contribution in [0.2, 0.25) is 0 Å². The molecular formula is C13H20N2O. The molecule has 2 unspecified atom stereocenters. The van der Waals surface area contributed by atoms with E-state index in [9.17, 15) is 0 Å². The standard InChI is InChI=1S/C13H20N2O/c1-2-16-11-7-5-10(6-8-11)13(14)12-4-3-9-15-12/h5-8,12-13,15H,2-4,9,14H2,1H3. The molecule has 0 bridgehead atoms. The molecule has 3 heteroatoms. The van der Waals surface area contributed by atoms with Gasteiger partial charge in [-0.05, 0) is 44.0 Å². The molecule has 1 aromatic carbocycles.